The van der Waals surface area contributed by atoms with Gasteiger partial charge in [-0.15, -0.1) is 11.8 Å². The Morgan fingerprint density at radius 2 is 1.95 bits per heavy atom. The maximum absolute atomic E-state index is 12.7. The van der Waals surface area contributed by atoms with E-state index in [1.165, 1.54) is 12.1 Å². The summed E-state index contributed by atoms with van der Waals surface area (Å²) in [5.74, 6) is -1.63. The Bertz CT molecular complexity index is 522. The summed E-state index contributed by atoms with van der Waals surface area (Å²) >= 11 is 1.12. The van der Waals surface area contributed by atoms with Crippen LogP contribution in [0.1, 0.15) is 5.56 Å². The predicted octanol–water partition coefficient (Wildman–Crippen LogP) is 2.02. The highest BCUT2D eigenvalue weighted by molar-refractivity contribution is 7.99. The first-order valence-corrected chi connectivity index (χ1v) is 7.31. The van der Waals surface area contributed by atoms with Crippen molar-refractivity contribution in [3.63, 3.8) is 0 Å². The van der Waals surface area contributed by atoms with Crippen LogP contribution >= 0.6 is 11.8 Å². The highest BCUT2D eigenvalue weighted by Crippen LogP contribution is 2.35. The summed E-state index contributed by atoms with van der Waals surface area (Å²) in [6.45, 7) is -0.336. The monoisotopic (exact) mass is 337 g/mol. The van der Waals surface area contributed by atoms with Crippen LogP contribution in [0, 0.1) is 0 Å². The summed E-state index contributed by atoms with van der Waals surface area (Å²) in [5.41, 5.74) is -0.945. The lowest BCUT2D eigenvalue weighted by molar-refractivity contribution is -0.139. The minimum absolute atomic E-state index is 0.0780. The van der Waals surface area contributed by atoms with Gasteiger partial charge in [0, 0.05) is 12.3 Å². The summed E-state index contributed by atoms with van der Waals surface area (Å²) in [4.78, 5) is 21.7. The fourth-order valence-electron chi connectivity index (χ4n) is 1.44. The van der Waals surface area contributed by atoms with E-state index >= 15 is 0 Å². The molecule has 0 spiro atoms. The maximum atomic E-state index is 12.7. The van der Waals surface area contributed by atoms with E-state index in [9.17, 15) is 22.8 Å². The second kappa shape index (κ2) is 8.52. The molecular weight excluding hydrogens is 323 g/mol. The molecule has 122 valence electrons. The van der Waals surface area contributed by atoms with Gasteiger partial charge >= 0.3 is 12.1 Å². The van der Waals surface area contributed by atoms with Crippen molar-refractivity contribution in [2.24, 2.45) is 0 Å². The van der Waals surface area contributed by atoms with Crippen LogP contribution in [0.25, 0.3) is 0 Å². The SMILES string of the molecule is O=C(O)CSCCNC(=O)COc1ccccc1C(F)(F)F. The third-order valence-electron chi connectivity index (χ3n) is 2.35. The van der Waals surface area contributed by atoms with E-state index in [0.29, 0.717) is 5.75 Å². The molecule has 0 aliphatic carbocycles. The summed E-state index contributed by atoms with van der Waals surface area (Å²) in [6.07, 6.45) is -4.56. The average Bonchev–Trinajstić information content (AvgIpc) is 2.43. The van der Waals surface area contributed by atoms with E-state index < -0.39 is 36.0 Å². The second-order valence-electron chi connectivity index (χ2n) is 4.08. The molecule has 1 aromatic carbocycles. The van der Waals surface area contributed by atoms with Crippen molar-refractivity contribution in [1.82, 2.24) is 5.32 Å². The van der Waals surface area contributed by atoms with Crippen molar-refractivity contribution < 1.29 is 32.6 Å². The van der Waals surface area contributed by atoms with Gasteiger partial charge in [0.2, 0.25) is 0 Å². The van der Waals surface area contributed by atoms with Gasteiger partial charge in [-0.2, -0.15) is 13.2 Å². The quantitative estimate of drug-likeness (QED) is 0.710. The van der Waals surface area contributed by atoms with Crippen LogP contribution in [-0.4, -0.2) is 41.6 Å². The first-order chi connectivity index (χ1) is 10.3. The molecule has 0 radical (unpaired) electrons. The van der Waals surface area contributed by atoms with Crippen LogP contribution in [0.15, 0.2) is 24.3 Å². The predicted molar refractivity (Wildman–Crippen MR) is 74.9 cm³/mol. The molecule has 1 rings (SSSR count). The minimum Gasteiger partial charge on any atom is -0.483 e. The summed E-state index contributed by atoms with van der Waals surface area (Å²) in [5, 5.41) is 10.8. The lowest BCUT2D eigenvalue weighted by atomic mass is 10.2. The molecule has 0 atom stereocenters. The van der Waals surface area contributed by atoms with Crippen LogP contribution in [0.4, 0.5) is 13.2 Å². The van der Waals surface area contributed by atoms with Crippen LogP contribution in [-0.2, 0) is 15.8 Å². The number of thioether (sulfide) groups is 1. The number of carbonyl (C=O) groups is 2. The van der Waals surface area contributed by atoms with E-state index in [2.05, 4.69) is 5.32 Å². The van der Waals surface area contributed by atoms with Crippen molar-refractivity contribution in [3.8, 4) is 5.75 Å². The van der Waals surface area contributed by atoms with E-state index in [4.69, 9.17) is 9.84 Å². The first kappa shape index (κ1) is 18.1. The van der Waals surface area contributed by atoms with E-state index in [-0.39, 0.29) is 12.3 Å². The Morgan fingerprint density at radius 3 is 2.59 bits per heavy atom. The highest BCUT2D eigenvalue weighted by atomic mass is 32.2. The number of hydrogen-bond acceptors (Lipinski definition) is 4. The molecule has 0 aliphatic heterocycles. The molecule has 0 aromatic heterocycles. The van der Waals surface area contributed by atoms with Crippen molar-refractivity contribution in [1.29, 1.82) is 0 Å². The highest BCUT2D eigenvalue weighted by Gasteiger charge is 2.34. The van der Waals surface area contributed by atoms with Crippen LogP contribution in [0.5, 0.6) is 5.75 Å². The number of halogens is 3. The topological polar surface area (TPSA) is 75.6 Å². The van der Waals surface area contributed by atoms with Gasteiger partial charge in [-0.3, -0.25) is 9.59 Å². The number of benzene rings is 1. The molecule has 0 aliphatic rings. The average molecular weight is 337 g/mol. The zero-order valence-corrected chi connectivity index (χ0v) is 12.2. The number of hydrogen-bond donors (Lipinski definition) is 2. The smallest absolute Gasteiger partial charge is 0.419 e. The van der Waals surface area contributed by atoms with Crippen molar-refractivity contribution >= 4 is 23.6 Å². The Balaban J connectivity index is 2.37. The number of carbonyl (C=O) groups excluding carboxylic acids is 1. The van der Waals surface area contributed by atoms with Crippen LogP contribution < -0.4 is 10.1 Å². The van der Waals surface area contributed by atoms with Gasteiger partial charge in [0.25, 0.3) is 5.91 Å². The number of ether oxygens (including phenoxy) is 1. The minimum atomic E-state index is -4.56. The molecular formula is C13H14F3NO4S. The normalized spacial score (nSPS) is 11.0. The van der Waals surface area contributed by atoms with Gasteiger partial charge in [0.1, 0.15) is 5.75 Å². The van der Waals surface area contributed by atoms with Crippen molar-refractivity contribution in [3.05, 3.63) is 29.8 Å². The van der Waals surface area contributed by atoms with Crippen molar-refractivity contribution in [2.45, 2.75) is 6.18 Å². The molecule has 0 fully saturated rings. The molecule has 1 amide bonds. The number of rotatable bonds is 8. The number of para-hydroxylation sites is 1. The Morgan fingerprint density at radius 1 is 1.27 bits per heavy atom. The number of nitrogens with one attached hydrogen (secondary N) is 1. The Kier molecular flexibility index (Phi) is 7.03. The number of carboxylic acid groups (broad SMARTS) is 1. The Hall–Kier alpha value is -1.90. The summed E-state index contributed by atoms with van der Waals surface area (Å²) in [7, 11) is 0. The number of alkyl halides is 3. The zero-order chi connectivity index (χ0) is 16.6. The summed E-state index contributed by atoms with van der Waals surface area (Å²) < 4.78 is 43.0. The van der Waals surface area contributed by atoms with Gasteiger partial charge in [-0.05, 0) is 12.1 Å². The third kappa shape index (κ3) is 6.70. The first-order valence-electron chi connectivity index (χ1n) is 6.16. The standard InChI is InChI=1S/C13H14F3NO4S/c14-13(15,16)9-3-1-2-4-10(9)21-7-11(18)17-5-6-22-8-12(19)20/h1-4H,5-8H2,(H,17,18)(H,19,20). The van der Waals surface area contributed by atoms with Crippen LogP contribution in [0.3, 0.4) is 0 Å². The summed E-state index contributed by atoms with van der Waals surface area (Å²) in [6, 6.07) is 4.62. The molecule has 9 heteroatoms. The van der Waals surface area contributed by atoms with Crippen LogP contribution in [0.2, 0.25) is 0 Å². The number of amides is 1. The van der Waals surface area contributed by atoms with Gasteiger partial charge in [0.15, 0.2) is 6.61 Å². The molecule has 0 saturated carbocycles. The molecule has 0 heterocycles. The largest absolute Gasteiger partial charge is 0.483 e. The fourth-order valence-corrected chi connectivity index (χ4v) is 2.01. The molecule has 22 heavy (non-hydrogen) atoms. The molecule has 2 N–H and O–H groups in total. The number of aliphatic carboxylic acids is 1. The van der Waals surface area contributed by atoms with E-state index in [1.807, 2.05) is 0 Å². The lowest BCUT2D eigenvalue weighted by Crippen LogP contribution is -2.31. The molecule has 0 saturated heterocycles. The van der Waals surface area contributed by atoms with E-state index in [1.54, 1.807) is 0 Å². The molecule has 5 nitrogen and oxygen atoms in total. The molecule has 0 unspecified atom stereocenters. The van der Waals surface area contributed by atoms with Gasteiger partial charge < -0.3 is 15.2 Å². The molecule has 1 aromatic rings. The Labute approximate surface area is 128 Å². The fraction of sp³-hybridized carbons (Fsp3) is 0.385. The lowest BCUT2D eigenvalue weighted by Gasteiger charge is -2.13. The molecule has 0 bridgehead atoms. The maximum Gasteiger partial charge on any atom is 0.419 e. The van der Waals surface area contributed by atoms with Gasteiger partial charge in [-0.25, -0.2) is 0 Å². The van der Waals surface area contributed by atoms with Gasteiger partial charge in [-0.1, -0.05) is 12.1 Å². The zero-order valence-electron chi connectivity index (χ0n) is 11.4. The number of carboxylic acids is 1. The third-order valence-corrected chi connectivity index (χ3v) is 3.29. The van der Waals surface area contributed by atoms with Gasteiger partial charge in [0.05, 0.1) is 11.3 Å². The second-order valence-corrected chi connectivity index (χ2v) is 5.18. The van der Waals surface area contributed by atoms with E-state index in [0.717, 1.165) is 23.9 Å². The van der Waals surface area contributed by atoms with Crippen molar-refractivity contribution in [2.75, 3.05) is 24.7 Å².